The normalized spacial score (nSPS) is 11.2. The summed E-state index contributed by atoms with van der Waals surface area (Å²) >= 11 is 3.27. The molecule has 0 unspecified atom stereocenters. The molecule has 0 saturated heterocycles. The predicted octanol–water partition coefficient (Wildman–Crippen LogP) is 3.68. The average Bonchev–Trinajstić information content (AvgIpc) is 2.38. The first kappa shape index (κ1) is 15.7. The zero-order chi connectivity index (χ0) is 15.6. The molecule has 0 fully saturated rings. The molecule has 0 heterocycles. The van der Waals surface area contributed by atoms with Gasteiger partial charge in [-0.2, -0.15) is 0 Å². The minimum atomic E-state index is -3.73. The van der Waals surface area contributed by atoms with Gasteiger partial charge in [0, 0.05) is 4.47 Å². The van der Waals surface area contributed by atoms with Gasteiger partial charge in [-0.25, -0.2) is 8.42 Å². The number of carbonyl (C=O) groups is 1. The summed E-state index contributed by atoms with van der Waals surface area (Å²) in [6.45, 7) is 3.70. The van der Waals surface area contributed by atoms with Crippen LogP contribution >= 0.6 is 15.9 Å². The van der Waals surface area contributed by atoms with Gasteiger partial charge in [0.25, 0.3) is 10.0 Å². The third kappa shape index (κ3) is 3.51. The van der Waals surface area contributed by atoms with E-state index in [9.17, 15) is 13.2 Å². The number of hydrogen-bond donors (Lipinski definition) is 1. The van der Waals surface area contributed by atoms with Crippen LogP contribution in [0.2, 0.25) is 0 Å². The van der Waals surface area contributed by atoms with Crippen molar-refractivity contribution in [3.63, 3.8) is 0 Å². The molecule has 0 aromatic heterocycles. The molecule has 0 radical (unpaired) electrons. The van der Waals surface area contributed by atoms with E-state index >= 15 is 0 Å². The van der Waals surface area contributed by atoms with Gasteiger partial charge in [0.15, 0.2) is 6.29 Å². The highest BCUT2D eigenvalue weighted by Crippen LogP contribution is 2.27. The summed E-state index contributed by atoms with van der Waals surface area (Å²) in [5.74, 6) is 0. The van der Waals surface area contributed by atoms with Gasteiger partial charge in [-0.1, -0.05) is 17.7 Å². The van der Waals surface area contributed by atoms with Crippen LogP contribution in [0.5, 0.6) is 0 Å². The second kappa shape index (κ2) is 5.99. The van der Waals surface area contributed by atoms with Crippen LogP contribution in [-0.4, -0.2) is 14.7 Å². The number of aryl methyl sites for hydroxylation is 2. The molecule has 2 aromatic rings. The lowest BCUT2D eigenvalue weighted by Gasteiger charge is -2.12. The Kier molecular flexibility index (Phi) is 4.49. The molecule has 0 aliphatic heterocycles. The molecule has 4 nitrogen and oxygen atoms in total. The lowest BCUT2D eigenvalue weighted by molar-refractivity contribution is 0.112. The van der Waals surface area contributed by atoms with Crippen LogP contribution in [0.25, 0.3) is 0 Å². The van der Waals surface area contributed by atoms with Crippen molar-refractivity contribution in [2.75, 3.05) is 4.72 Å². The highest BCUT2D eigenvalue weighted by atomic mass is 79.9. The number of sulfonamides is 1. The van der Waals surface area contributed by atoms with Crippen molar-refractivity contribution >= 4 is 37.9 Å². The molecule has 0 spiro atoms. The molecule has 0 bridgehead atoms. The molecule has 0 atom stereocenters. The smallest absolute Gasteiger partial charge is 0.261 e. The van der Waals surface area contributed by atoms with Crippen LogP contribution in [0.3, 0.4) is 0 Å². The van der Waals surface area contributed by atoms with Crippen LogP contribution in [0.4, 0.5) is 5.69 Å². The van der Waals surface area contributed by atoms with E-state index in [4.69, 9.17) is 0 Å². The van der Waals surface area contributed by atoms with Crippen molar-refractivity contribution < 1.29 is 13.2 Å². The first-order chi connectivity index (χ1) is 9.83. The lowest BCUT2D eigenvalue weighted by Crippen LogP contribution is -2.14. The Morgan fingerprint density at radius 3 is 2.24 bits per heavy atom. The van der Waals surface area contributed by atoms with Crippen LogP contribution in [0, 0.1) is 13.8 Å². The highest BCUT2D eigenvalue weighted by Gasteiger charge is 2.17. The van der Waals surface area contributed by atoms with E-state index in [1.807, 2.05) is 13.8 Å². The van der Waals surface area contributed by atoms with Crippen molar-refractivity contribution in [3.8, 4) is 0 Å². The van der Waals surface area contributed by atoms with Gasteiger partial charge in [0.1, 0.15) is 0 Å². The van der Waals surface area contributed by atoms with Crippen molar-refractivity contribution in [1.29, 1.82) is 0 Å². The summed E-state index contributed by atoms with van der Waals surface area (Å²) < 4.78 is 27.7. The van der Waals surface area contributed by atoms with E-state index in [2.05, 4.69) is 20.7 Å². The fourth-order valence-electron chi connectivity index (χ4n) is 1.88. The molecule has 0 amide bonds. The van der Waals surface area contributed by atoms with Crippen LogP contribution < -0.4 is 4.72 Å². The van der Waals surface area contributed by atoms with E-state index in [-0.39, 0.29) is 16.1 Å². The predicted molar refractivity (Wildman–Crippen MR) is 86.3 cm³/mol. The van der Waals surface area contributed by atoms with Crippen molar-refractivity contribution in [3.05, 3.63) is 57.6 Å². The summed E-state index contributed by atoms with van der Waals surface area (Å²) in [6.07, 6.45) is 0.622. The maximum atomic E-state index is 12.4. The van der Waals surface area contributed by atoms with Crippen molar-refractivity contribution in [2.24, 2.45) is 0 Å². The Bertz CT molecular complexity index is 783. The Morgan fingerprint density at radius 1 is 1.05 bits per heavy atom. The van der Waals surface area contributed by atoms with E-state index in [1.165, 1.54) is 12.1 Å². The number of benzene rings is 2. The molecule has 1 N–H and O–H groups in total. The number of nitrogens with one attached hydrogen (secondary N) is 1. The van der Waals surface area contributed by atoms with E-state index in [0.29, 0.717) is 10.8 Å². The minimum absolute atomic E-state index is 0.155. The van der Waals surface area contributed by atoms with Gasteiger partial charge < -0.3 is 0 Å². The second-order valence-electron chi connectivity index (χ2n) is 4.74. The SMILES string of the molecule is Cc1ccc(S(=O)(=O)Nc2cc(C)cc(Br)c2C=O)cc1. The number of halogens is 1. The topological polar surface area (TPSA) is 63.2 Å². The summed E-state index contributed by atoms with van der Waals surface area (Å²) in [5, 5.41) is 0. The maximum absolute atomic E-state index is 12.4. The zero-order valence-electron chi connectivity index (χ0n) is 11.6. The first-order valence-corrected chi connectivity index (χ1v) is 8.46. The molecule has 21 heavy (non-hydrogen) atoms. The second-order valence-corrected chi connectivity index (χ2v) is 7.28. The molecule has 0 aliphatic rings. The van der Waals surface area contributed by atoms with Crippen LogP contribution in [0.15, 0.2) is 45.8 Å². The first-order valence-electron chi connectivity index (χ1n) is 6.18. The summed E-state index contributed by atoms with van der Waals surface area (Å²) in [6, 6.07) is 9.89. The summed E-state index contributed by atoms with van der Waals surface area (Å²) in [4.78, 5) is 11.3. The van der Waals surface area contributed by atoms with Gasteiger partial charge in [-0.3, -0.25) is 9.52 Å². The molecule has 2 aromatic carbocycles. The van der Waals surface area contributed by atoms with Crippen molar-refractivity contribution in [2.45, 2.75) is 18.7 Å². The average molecular weight is 368 g/mol. The van der Waals surface area contributed by atoms with Gasteiger partial charge in [-0.15, -0.1) is 0 Å². The van der Waals surface area contributed by atoms with E-state index in [1.54, 1.807) is 24.3 Å². The van der Waals surface area contributed by atoms with Crippen molar-refractivity contribution in [1.82, 2.24) is 0 Å². The third-order valence-electron chi connectivity index (χ3n) is 2.97. The summed E-state index contributed by atoms with van der Waals surface area (Å²) in [7, 11) is -3.73. The molecular weight excluding hydrogens is 354 g/mol. The Morgan fingerprint density at radius 2 is 1.67 bits per heavy atom. The van der Waals surface area contributed by atoms with Gasteiger partial charge in [0.2, 0.25) is 0 Å². The number of hydrogen-bond acceptors (Lipinski definition) is 3. The quantitative estimate of drug-likeness (QED) is 0.838. The Hall–Kier alpha value is -1.66. The summed E-state index contributed by atoms with van der Waals surface area (Å²) in [5.41, 5.74) is 2.35. The van der Waals surface area contributed by atoms with E-state index < -0.39 is 10.0 Å². The Labute approximate surface area is 132 Å². The zero-order valence-corrected chi connectivity index (χ0v) is 14.0. The minimum Gasteiger partial charge on any atom is -0.298 e. The van der Waals surface area contributed by atoms with E-state index in [0.717, 1.165) is 11.1 Å². The number of rotatable bonds is 4. The van der Waals surface area contributed by atoms with Gasteiger partial charge in [0.05, 0.1) is 16.1 Å². The molecule has 2 rings (SSSR count). The van der Waals surface area contributed by atoms with Gasteiger partial charge >= 0.3 is 0 Å². The number of aldehydes is 1. The fraction of sp³-hybridized carbons (Fsp3) is 0.133. The van der Waals surface area contributed by atoms with Crippen LogP contribution in [-0.2, 0) is 10.0 Å². The maximum Gasteiger partial charge on any atom is 0.261 e. The molecular formula is C15H14BrNO3S. The lowest BCUT2D eigenvalue weighted by atomic mass is 10.1. The molecule has 6 heteroatoms. The fourth-order valence-corrected chi connectivity index (χ4v) is 3.62. The Balaban J connectivity index is 2.46. The number of carbonyl (C=O) groups excluding carboxylic acids is 1. The van der Waals surface area contributed by atoms with Gasteiger partial charge in [-0.05, 0) is 59.6 Å². The standard InChI is InChI=1S/C15H14BrNO3S/c1-10-3-5-12(6-4-10)21(19,20)17-15-8-11(2)7-14(16)13(15)9-18/h3-9,17H,1-2H3. The monoisotopic (exact) mass is 367 g/mol. The number of anilines is 1. The largest absolute Gasteiger partial charge is 0.298 e. The molecule has 0 aliphatic carbocycles. The molecule has 0 saturated carbocycles. The molecule has 110 valence electrons. The third-order valence-corrected chi connectivity index (χ3v) is 5.00. The highest BCUT2D eigenvalue weighted by molar-refractivity contribution is 9.10. The van der Waals surface area contributed by atoms with Crippen LogP contribution in [0.1, 0.15) is 21.5 Å².